The lowest BCUT2D eigenvalue weighted by Gasteiger charge is -2.42. The topological polar surface area (TPSA) is 36.9 Å². The molecule has 1 atom stereocenters. The highest BCUT2D eigenvalue weighted by atomic mass is 79.9. The van der Waals surface area contributed by atoms with E-state index < -0.39 is 8.32 Å². The van der Waals surface area contributed by atoms with Crippen molar-refractivity contribution >= 4 is 24.2 Å². The SMILES string of the molecule is COc1ccc(COC[C@@H](CO[Si](C(C)C)(C(C)C)C(C)C)Oc2ccc(Br)cc2)cc1. The van der Waals surface area contributed by atoms with E-state index in [1.807, 2.05) is 48.5 Å². The van der Waals surface area contributed by atoms with E-state index in [1.165, 1.54) is 0 Å². The zero-order valence-electron chi connectivity index (χ0n) is 20.6. The molecule has 0 aliphatic heterocycles. The molecule has 0 N–H and O–H groups in total. The minimum atomic E-state index is -1.99. The molecule has 178 valence electrons. The molecule has 6 heteroatoms. The Bertz CT molecular complexity index is 769. The molecular formula is C26H39BrO4Si. The number of ether oxygens (including phenoxy) is 3. The summed E-state index contributed by atoms with van der Waals surface area (Å²) in [6.07, 6.45) is -0.183. The Hall–Kier alpha value is -1.34. The number of methoxy groups -OCH3 is 1. The Labute approximate surface area is 203 Å². The van der Waals surface area contributed by atoms with Crippen LogP contribution in [-0.2, 0) is 15.8 Å². The summed E-state index contributed by atoms with van der Waals surface area (Å²) in [5.74, 6) is 1.66. The number of rotatable bonds is 13. The van der Waals surface area contributed by atoms with Gasteiger partial charge in [-0.05, 0) is 58.6 Å². The van der Waals surface area contributed by atoms with Crippen LogP contribution in [0.4, 0.5) is 0 Å². The highest BCUT2D eigenvalue weighted by molar-refractivity contribution is 9.10. The molecule has 0 bridgehead atoms. The van der Waals surface area contributed by atoms with Crippen LogP contribution in [0.2, 0.25) is 16.6 Å². The second-order valence-electron chi connectivity index (χ2n) is 9.19. The summed E-state index contributed by atoms with van der Waals surface area (Å²) in [5.41, 5.74) is 2.67. The maximum absolute atomic E-state index is 6.81. The fourth-order valence-electron chi connectivity index (χ4n) is 4.59. The Morgan fingerprint density at radius 1 is 0.750 bits per heavy atom. The predicted molar refractivity (Wildman–Crippen MR) is 138 cm³/mol. The monoisotopic (exact) mass is 522 g/mol. The van der Waals surface area contributed by atoms with Gasteiger partial charge in [0.25, 0.3) is 0 Å². The van der Waals surface area contributed by atoms with Crippen molar-refractivity contribution in [3.63, 3.8) is 0 Å². The maximum Gasteiger partial charge on any atom is 0.200 e. The fraction of sp³-hybridized carbons (Fsp3) is 0.538. The molecule has 32 heavy (non-hydrogen) atoms. The van der Waals surface area contributed by atoms with Crippen molar-refractivity contribution in [1.82, 2.24) is 0 Å². The molecule has 2 rings (SSSR count). The summed E-state index contributed by atoms with van der Waals surface area (Å²) < 4.78 is 25.4. The van der Waals surface area contributed by atoms with E-state index in [-0.39, 0.29) is 6.10 Å². The van der Waals surface area contributed by atoms with Crippen LogP contribution in [0.1, 0.15) is 47.1 Å². The highest BCUT2D eigenvalue weighted by Crippen LogP contribution is 2.42. The third-order valence-electron chi connectivity index (χ3n) is 6.07. The van der Waals surface area contributed by atoms with Crippen LogP contribution in [0, 0.1) is 0 Å². The normalized spacial score (nSPS) is 13.1. The van der Waals surface area contributed by atoms with Gasteiger partial charge < -0.3 is 18.6 Å². The van der Waals surface area contributed by atoms with E-state index >= 15 is 0 Å². The van der Waals surface area contributed by atoms with Crippen molar-refractivity contribution in [2.45, 2.75) is 70.9 Å². The number of benzene rings is 2. The van der Waals surface area contributed by atoms with Gasteiger partial charge in [0.2, 0.25) is 8.32 Å². The summed E-state index contributed by atoms with van der Waals surface area (Å²) in [6, 6.07) is 15.9. The third-order valence-corrected chi connectivity index (χ3v) is 12.7. The van der Waals surface area contributed by atoms with Gasteiger partial charge in [0.15, 0.2) is 0 Å². The van der Waals surface area contributed by atoms with Crippen LogP contribution < -0.4 is 9.47 Å². The van der Waals surface area contributed by atoms with Crippen molar-refractivity contribution in [3.8, 4) is 11.5 Å². The summed E-state index contributed by atoms with van der Waals surface area (Å²) >= 11 is 3.49. The smallest absolute Gasteiger partial charge is 0.200 e. The van der Waals surface area contributed by atoms with E-state index in [1.54, 1.807) is 7.11 Å². The number of hydrogen-bond acceptors (Lipinski definition) is 4. The van der Waals surface area contributed by atoms with Gasteiger partial charge in [0.05, 0.1) is 26.9 Å². The lowest BCUT2D eigenvalue weighted by molar-refractivity contribution is 0.0151. The Kier molecular flexibility index (Phi) is 10.7. The number of halogens is 1. The van der Waals surface area contributed by atoms with Gasteiger partial charge in [-0.1, -0.05) is 69.6 Å². The van der Waals surface area contributed by atoms with E-state index in [9.17, 15) is 0 Å². The molecule has 2 aromatic carbocycles. The average molecular weight is 524 g/mol. The standard InChI is InChI=1S/C26H39BrO4Si/c1-19(2)32(20(3)4,21(5)6)30-18-26(31-25-14-10-23(27)11-15-25)17-29-16-22-8-12-24(28-7)13-9-22/h8-15,19-21,26H,16-18H2,1-7H3/t26-/m0/s1. The Balaban J connectivity index is 2.09. The summed E-state index contributed by atoms with van der Waals surface area (Å²) in [5, 5.41) is 0. The largest absolute Gasteiger partial charge is 0.497 e. The Morgan fingerprint density at radius 3 is 1.78 bits per heavy atom. The van der Waals surface area contributed by atoms with Crippen LogP contribution >= 0.6 is 15.9 Å². The van der Waals surface area contributed by atoms with Crippen molar-refractivity contribution < 1.29 is 18.6 Å². The molecule has 4 nitrogen and oxygen atoms in total. The van der Waals surface area contributed by atoms with Crippen molar-refractivity contribution in [2.24, 2.45) is 0 Å². The second-order valence-corrected chi connectivity index (χ2v) is 15.6. The van der Waals surface area contributed by atoms with Crippen LogP contribution in [-0.4, -0.2) is 34.7 Å². The molecule has 0 radical (unpaired) electrons. The molecule has 0 aliphatic rings. The molecule has 0 amide bonds. The molecule has 0 fully saturated rings. The fourth-order valence-corrected chi connectivity index (χ4v) is 10.3. The summed E-state index contributed by atoms with van der Waals surface area (Å²) in [6.45, 7) is 15.3. The molecular weight excluding hydrogens is 484 g/mol. The van der Waals surface area contributed by atoms with Gasteiger partial charge in [-0.25, -0.2) is 0 Å². The molecule has 2 aromatic rings. The first-order chi connectivity index (χ1) is 15.2. The molecule has 0 aliphatic carbocycles. The van der Waals surface area contributed by atoms with Crippen LogP contribution in [0.25, 0.3) is 0 Å². The van der Waals surface area contributed by atoms with Gasteiger partial charge >= 0.3 is 0 Å². The van der Waals surface area contributed by atoms with Gasteiger partial charge in [0, 0.05) is 4.47 Å². The second kappa shape index (κ2) is 12.8. The molecule has 0 saturated heterocycles. The van der Waals surface area contributed by atoms with Crippen molar-refractivity contribution in [1.29, 1.82) is 0 Å². The zero-order chi connectivity index (χ0) is 23.7. The molecule has 0 unspecified atom stereocenters. The molecule has 0 saturated carbocycles. The molecule has 0 heterocycles. The maximum atomic E-state index is 6.81. The van der Waals surface area contributed by atoms with Gasteiger partial charge in [0.1, 0.15) is 17.6 Å². The minimum absolute atomic E-state index is 0.183. The van der Waals surface area contributed by atoms with Crippen LogP contribution in [0.3, 0.4) is 0 Å². The van der Waals surface area contributed by atoms with Crippen molar-refractivity contribution in [3.05, 3.63) is 58.6 Å². The van der Waals surface area contributed by atoms with E-state index in [2.05, 4.69) is 57.5 Å². The average Bonchev–Trinajstić information content (AvgIpc) is 2.75. The van der Waals surface area contributed by atoms with Crippen LogP contribution in [0.5, 0.6) is 11.5 Å². The molecule has 0 aromatic heterocycles. The van der Waals surface area contributed by atoms with Gasteiger partial charge in [-0.3, -0.25) is 0 Å². The predicted octanol–water partition coefficient (Wildman–Crippen LogP) is 7.61. The Morgan fingerprint density at radius 2 is 1.28 bits per heavy atom. The zero-order valence-corrected chi connectivity index (χ0v) is 23.1. The van der Waals surface area contributed by atoms with E-state index in [0.29, 0.717) is 36.4 Å². The minimum Gasteiger partial charge on any atom is -0.497 e. The first kappa shape index (κ1) is 26.9. The summed E-state index contributed by atoms with van der Waals surface area (Å²) in [4.78, 5) is 0. The van der Waals surface area contributed by atoms with Crippen LogP contribution in [0.15, 0.2) is 53.0 Å². The highest BCUT2D eigenvalue weighted by Gasteiger charge is 2.45. The van der Waals surface area contributed by atoms with E-state index in [0.717, 1.165) is 21.5 Å². The van der Waals surface area contributed by atoms with Crippen molar-refractivity contribution in [2.75, 3.05) is 20.3 Å². The lowest BCUT2D eigenvalue weighted by Crippen LogP contribution is -2.50. The van der Waals surface area contributed by atoms with Gasteiger partial charge in [-0.2, -0.15) is 0 Å². The van der Waals surface area contributed by atoms with Gasteiger partial charge in [-0.15, -0.1) is 0 Å². The summed E-state index contributed by atoms with van der Waals surface area (Å²) in [7, 11) is -0.316. The number of hydrogen-bond donors (Lipinski definition) is 0. The first-order valence-electron chi connectivity index (χ1n) is 11.5. The van der Waals surface area contributed by atoms with E-state index in [4.69, 9.17) is 18.6 Å². The third kappa shape index (κ3) is 7.34. The lowest BCUT2D eigenvalue weighted by atomic mass is 10.2. The first-order valence-corrected chi connectivity index (χ1v) is 14.4. The molecule has 0 spiro atoms. The quantitative estimate of drug-likeness (QED) is 0.253.